The molecular formula is C12H12F3N3O3. The van der Waals surface area contributed by atoms with Crippen LogP contribution in [-0.2, 0) is 11.0 Å². The molecule has 0 saturated carbocycles. The van der Waals surface area contributed by atoms with Crippen molar-refractivity contribution in [2.45, 2.75) is 18.6 Å². The first-order valence-electron chi connectivity index (χ1n) is 5.65. The number of rotatable bonds is 6. The van der Waals surface area contributed by atoms with Crippen LogP contribution in [0, 0.1) is 0 Å². The smallest absolute Gasteiger partial charge is 0.433 e. The van der Waals surface area contributed by atoms with Gasteiger partial charge in [-0.25, -0.2) is 9.78 Å². The number of pyridine rings is 1. The van der Waals surface area contributed by atoms with Crippen LogP contribution < -0.4 is 11.1 Å². The SMILES string of the molecule is C=CCC(Nc1nc(C(F)(F)F)ccc1C(N)=O)C(=O)O. The molecule has 1 atom stereocenters. The average Bonchev–Trinajstić information content (AvgIpc) is 2.36. The molecule has 9 heteroatoms. The van der Waals surface area contributed by atoms with Crippen LogP contribution in [-0.4, -0.2) is 28.0 Å². The quantitative estimate of drug-likeness (QED) is 0.693. The third kappa shape index (κ3) is 4.20. The van der Waals surface area contributed by atoms with Gasteiger partial charge in [0.15, 0.2) is 0 Å². The van der Waals surface area contributed by atoms with E-state index < -0.39 is 35.6 Å². The van der Waals surface area contributed by atoms with Gasteiger partial charge in [0.05, 0.1) is 5.56 Å². The van der Waals surface area contributed by atoms with Crippen molar-refractivity contribution in [3.8, 4) is 0 Å². The topological polar surface area (TPSA) is 105 Å². The predicted molar refractivity (Wildman–Crippen MR) is 67.6 cm³/mol. The van der Waals surface area contributed by atoms with Crippen LogP contribution in [0.5, 0.6) is 0 Å². The Morgan fingerprint density at radius 3 is 2.52 bits per heavy atom. The van der Waals surface area contributed by atoms with E-state index in [2.05, 4.69) is 16.9 Å². The van der Waals surface area contributed by atoms with Gasteiger partial charge in [-0.2, -0.15) is 13.2 Å². The molecule has 1 amide bonds. The number of nitrogens with two attached hydrogens (primary N) is 1. The van der Waals surface area contributed by atoms with E-state index in [1.54, 1.807) is 0 Å². The molecule has 114 valence electrons. The van der Waals surface area contributed by atoms with Crippen molar-refractivity contribution in [2.75, 3.05) is 5.32 Å². The zero-order chi connectivity index (χ0) is 16.2. The number of carbonyl (C=O) groups is 2. The van der Waals surface area contributed by atoms with E-state index in [-0.39, 0.29) is 12.0 Å². The number of halogens is 3. The molecule has 0 aromatic carbocycles. The summed E-state index contributed by atoms with van der Waals surface area (Å²) in [5.74, 6) is -2.89. The number of amides is 1. The van der Waals surface area contributed by atoms with Crippen molar-refractivity contribution < 1.29 is 27.9 Å². The average molecular weight is 303 g/mol. The minimum absolute atomic E-state index is 0.0779. The molecule has 0 saturated heterocycles. The lowest BCUT2D eigenvalue weighted by atomic mass is 10.1. The summed E-state index contributed by atoms with van der Waals surface area (Å²) < 4.78 is 37.8. The van der Waals surface area contributed by atoms with Crippen LogP contribution in [0.15, 0.2) is 24.8 Å². The Balaban J connectivity index is 3.26. The number of aromatic nitrogens is 1. The van der Waals surface area contributed by atoms with Gasteiger partial charge in [0.25, 0.3) is 5.91 Å². The van der Waals surface area contributed by atoms with E-state index in [1.807, 2.05) is 0 Å². The minimum Gasteiger partial charge on any atom is -0.480 e. The van der Waals surface area contributed by atoms with Gasteiger partial charge >= 0.3 is 12.1 Å². The summed E-state index contributed by atoms with van der Waals surface area (Å²) in [5, 5.41) is 11.2. The molecule has 1 heterocycles. The molecule has 4 N–H and O–H groups in total. The molecule has 1 rings (SSSR count). The highest BCUT2D eigenvalue weighted by Gasteiger charge is 2.34. The fourth-order valence-corrected chi connectivity index (χ4v) is 1.48. The largest absolute Gasteiger partial charge is 0.480 e. The molecule has 0 fully saturated rings. The van der Waals surface area contributed by atoms with E-state index in [4.69, 9.17) is 10.8 Å². The summed E-state index contributed by atoms with van der Waals surface area (Å²) in [7, 11) is 0. The Morgan fingerprint density at radius 1 is 1.48 bits per heavy atom. The lowest BCUT2D eigenvalue weighted by molar-refractivity contribution is -0.141. The van der Waals surface area contributed by atoms with Gasteiger partial charge in [0.1, 0.15) is 17.6 Å². The number of carboxylic acid groups (broad SMARTS) is 1. The number of primary amides is 1. The lowest BCUT2D eigenvalue weighted by Gasteiger charge is -2.16. The molecule has 1 aromatic rings. The molecule has 21 heavy (non-hydrogen) atoms. The second-order valence-corrected chi connectivity index (χ2v) is 4.01. The summed E-state index contributed by atoms with van der Waals surface area (Å²) in [4.78, 5) is 25.4. The van der Waals surface area contributed by atoms with Crippen LogP contribution in [0.3, 0.4) is 0 Å². The number of hydrogen-bond acceptors (Lipinski definition) is 4. The van der Waals surface area contributed by atoms with Gasteiger partial charge in [-0.15, -0.1) is 6.58 Å². The van der Waals surface area contributed by atoms with Crippen LogP contribution in [0.25, 0.3) is 0 Å². The van der Waals surface area contributed by atoms with E-state index in [1.165, 1.54) is 6.08 Å². The second-order valence-electron chi connectivity index (χ2n) is 4.01. The summed E-state index contributed by atoms with van der Waals surface area (Å²) in [6.07, 6.45) is -3.54. The number of nitrogens with one attached hydrogen (secondary N) is 1. The summed E-state index contributed by atoms with van der Waals surface area (Å²) >= 11 is 0. The first-order chi connectivity index (χ1) is 9.66. The predicted octanol–water partition coefficient (Wildman–Crippen LogP) is 1.64. The molecule has 0 bridgehead atoms. The molecule has 1 aromatic heterocycles. The molecule has 0 aliphatic carbocycles. The Hall–Kier alpha value is -2.58. The van der Waals surface area contributed by atoms with Gasteiger partial charge < -0.3 is 16.2 Å². The van der Waals surface area contributed by atoms with Crippen LogP contribution in [0.4, 0.5) is 19.0 Å². The van der Waals surface area contributed by atoms with Crippen molar-refractivity contribution in [2.24, 2.45) is 5.73 Å². The zero-order valence-electron chi connectivity index (χ0n) is 10.6. The first-order valence-corrected chi connectivity index (χ1v) is 5.65. The zero-order valence-corrected chi connectivity index (χ0v) is 10.6. The van der Waals surface area contributed by atoms with Gasteiger partial charge in [-0.05, 0) is 18.6 Å². The molecule has 0 aliphatic heterocycles. The van der Waals surface area contributed by atoms with Gasteiger partial charge in [0, 0.05) is 0 Å². The van der Waals surface area contributed by atoms with Crippen LogP contribution in [0.2, 0.25) is 0 Å². The number of anilines is 1. The third-order valence-corrected chi connectivity index (χ3v) is 2.46. The van der Waals surface area contributed by atoms with E-state index in [9.17, 15) is 22.8 Å². The number of alkyl halides is 3. The Bertz CT molecular complexity index is 573. The van der Waals surface area contributed by atoms with Crippen LogP contribution in [0.1, 0.15) is 22.5 Å². The molecule has 6 nitrogen and oxygen atoms in total. The molecule has 0 aliphatic rings. The Kier molecular flexibility index (Phi) is 4.90. The highest BCUT2D eigenvalue weighted by molar-refractivity contribution is 5.98. The maximum Gasteiger partial charge on any atom is 0.433 e. The Labute approximate surface area is 117 Å². The number of nitrogens with zero attached hydrogens (tertiary/aromatic N) is 1. The van der Waals surface area contributed by atoms with E-state index in [0.29, 0.717) is 6.07 Å². The van der Waals surface area contributed by atoms with Gasteiger partial charge in [0.2, 0.25) is 0 Å². The minimum atomic E-state index is -4.73. The standard InChI is InChI=1S/C12H12F3N3O3/c1-2-3-7(11(20)21)17-10-6(9(16)19)4-5-8(18-10)12(13,14)15/h2,4-5,7H,1,3H2,(H2,16,19)(H,17,18)(H,20,21). The van der Waals surface area contributed by atoms with Crippen molar-refractivity contribution in [1.82, 2.24) is 4.98 Å². The number of aliphatic carboxylic acids is 1. The van der Waals surface area contributed by atoms with Crippen molar-refractivity contribution in [1.29, 1.82) is 0 Å². The van der Waals surface area contributed by atoms with Gasteiger partial charge in [-0.3, -0.25) is 4.79 Å². The van der Waals surface area contributed by atoms with Crippen molar-refractivity contribution in [3.63, 3.8) is 0 Å². The third-order valence-electron chi connectivity index (χ3n) is 2.46. The van der Waals surface area contributed by atoms with Crippen LogP contribution >= 0.6 is 0 Å². The summed E-state index contributed by atoms with van der Waals surface area (Å²) in [5.41, 5.74) is 3.43. The van der Waals surface area contributed by atoms with E-state index in [0.717, 1.165) is 6.07 Å². The first kappa shape index (κ1) is 16.5. The maximum absolute atomic E-state index is 12.6. The van der Waals surface area contributed by atoms with E-state index >= 15 is 0 Å². The normalized spacial score (nSPS) is 12.5. The number of carbonyl (C=O) groups excluding carboxylic acids is 1. The maximum atomic E-state index is 12.6. The number of carboxylic acids is 1. The van der Waals surface area contributed by atoms with Gasteiger partial charge in [-0.1, -0.05) is 6.08 Å². The highest BCUT2D eigenvalue weighted by Crippen LogP contribution is 2.29. The Morgan fingerprint density at radius 2 is 2.10 bits per heavy atom. The lowest BCUT2D eigenvalue weighted by Crippen LogP contribution is -2.31. The molecular weight excluding hydrogens is 291 g/mol. The fraction of sp³-hybridized carbons (Fsp3) is 0.250. The number of hydrogen-bond donors (Lipinski definition) is 3. The van der Waals surface area contributed by atoms with Crippen molar-refractivity contribution >= 4 is 17.7 Å². The molecule has 1 unspecified atom stereocenters. The highest BCUT2D eigenvalue weighted by atomic mass is 19.4. The fourth-order valence-electron chi connectivity index (χ4n) is 1.48. The summed E-state index contributed by atoms with van der Waals surface area (Å²) in [6.45, 7) is 3.34. The molecule has 0 spiro atoms. The second kappa shape index (κ2) is 6.25. The molecule has 0 radical (unpaired) electrons. The summed E-state index contributed by atoms with van der Waals surface area (Å²) in [6, 6.07) is 0.151. The monoisotopic (exact) mass is 303 g/mol. The van der Waals surface area contributed by atoms with Crippen molar-refractivity contribution in [3.05, 3.63) is 36.0 Å².